The van der Waals surface area contributed by atoms with E-state index in [4.69, 9.17) is 19.8 Å². The molecule has 6 N–H and O–H groups in total. The van der Waals surface area contributed by atoms with Crippen LogP contribution >= 0.6 is 0 Å². The first kappa shape index (κ1) is 16.1. The van der Waals surface area contributed by atoms with Crippen molar-refractivity contribution >= 4 is 0 Å². The van der Waals surface area contributed by atoms with E-state index in [1.165, 1.54) is 0 Å². The molecule has 0 aromatic rings. The number of nitrogens with zero attached hydrogens (tertiary/aromatic N) is 1. The molecule has 0 unspecified atom stereocenters. The lowest BCUT2D eigenvalue weighted by molar-refractivity contribution is -0.292. The Kier molecular flexibility index (Phi) is 4.80. The highest BCUT2D eigenvalue weighted by Crippen LogP contribution is 2.31. The molecule has 1 saturated heterocycles. The first-order valence-electron chi connectivity index (χ1n) is 6.35. The molecule has 9 nitrogen and oxygen atoms in total. The van der Waals surface area contributed by atoms with Crippen LogP contribution in [-0.4, -0.2) is 80.2 Å². The summed E-state index contributed by atoms with van der Waals surface area (Å²) in [6.45, 7) is -0.614. The average molecular weight is 303 g/mol. The normalized spacial score (nSPS) is 46.8. The Balaban J connectivity index is 2.12. The van der Waals surface area contributed by atoms with Crippen LogP contribution < -0.4 is 0 Å². The molecule has 0 amide bonds. The first-order valence-corrected chi connectivity index (χ1v) is 6.35. The van der Waals surface area contributed by atoms with Crippen molar-refractivity contribution in [3.63, 3.8) is 0 Å². The second-order valence-electron chi connectivity index (χ2n) is 4.97. The van der Waals surface area contributed by atoms with Crippen molar-refractivity contribution in [2.75, 3.05) is 6.61 Å². The van der Waals surface area contributed by atoms with E-state index in [2.05, 4.69) is 0 Å². The topological polar surface area (TPSA) is 164 Å². The van der Waals surface area contributed by atoms with Gasteiger partial charge < -0.3 is 40.1 Å². The highest BCUT2D eigenvalue weighted by molar-refractivity contribution is 5.22. The van der Waals surface area contributed by atoms with Crippen molar-refractivity contribution in [1.82, 2.24) is 0 Å². The Hall–Kier alpha value is -1.25. The van der Waals surface area contributed by atoms with Gasteiger partial charge >= 0.3 is 0 Å². The molecular formula is C12H17NO8. The minimum Gasteiger partial charge on any atom is -0.465 e. The van der Waals surface area contributed by atoms with Gasteiger partial charge in [-0.05, 0) is 6.08 Å². The Labute approximate surface area is 119 Å². The highest BCUT2D eigenvalue weighted by atomic mass is 16.7. The van der Waals surface area contributed by atoms with Crippen LogP contribution in [0.3, 0.4) is 0 Å². The summed E-state index contributed by atoms with van der Waals surface area (Å²) in [5.41, 5.74) is 0. The lowest BCUT2D eigenvalue weighted by Gasteiger charge is -2.39. The summed E-state index contributed by atoms with van der Waals surface area (Å²) in [7, 11) is 0. The quantitative estimate of drug-likeness (QED) is 0.311. The summed E-state index contributed by atoms with van der Waals surface area (Å²) in [5, 5.41) is 66.1. The summed E-state index contributed by atoms with van der Waals surface area (Å²) in [4.78, 5) is 0. The third-order valence-corrected chi connectivity index (χ3v) is 3.57. The molecule has 0 aromatic heterocycles. The molecule has 0 radical (unpaired) electrons. The van der Waals surface area contributed by atoms with Crippen LogP contribution in [0.2, 0.25) is 0 Å². The van der Waals surface area contributed by atoms with Crippen molar-refractivity contribution in [2.24, 2.45) is 5.92 Å². The maximum Gasteiger partial charge on any atom is 0.228 e. The Morgan fingerprint density at radius 3 is 2.33 bits per heavy atom. The van der Waals surface area contributed by atoms with Gasteiger partial charge in [0.1, 0.15) is 48.3 Å². The van der Waals surface area contributed by atoms with E-state index in [0.29, 0.717) is 0 Å². The standard InChI is InChI=1S/C12H17NO8/c13-2-4-6(1-5(15)8(4)16)20-12-11(19)10(18)9(17)7(3-14)21-12/h1,4-5,7-12,14-19H,3H2/t4-,5-,7-,8+,9+,10+,11-,12-/m1/s1. The van der Waals surface area contributed by atoms with E-state index in [-0.39, 0.29) is 5.76 Å². The smallest absolute Gasteiger partial charge is 0.228 e. The van der Waals surface area contributed by atoms with Gasteiger partial charge in [-0.2, -0.15) is 5.26 Å². The predicted molar refractivity (Wildman–Crippen MR) is 64.1 cm³/mol. The molecule has 9 heteroatoms. The van der Waals surface area contributed by atoms with E-state index < -0.39 is 55.4 Å². The van der Waals surface area contributed by atoms with Crippen molar-refractivity contribution in [3.8, 4) is 6.07 Å². The Morgan fingerprint density at radius 2 is 1.76 bits per heavy atom. The SMILES string of the molecule is N#C[C@@H]1C(O[C@@H]2O[C@H](CO)[C@H](O)[C@H](O)[C@H]2O)=C[C@@H](O)[C@H]1O. The van der Waals surface area contributed by atoms with Gasteiger partial charge in [0, 0.05) is 0 Å². The molecule has 118 valence electrons. The largest absolute Gasteiger partial charge is 0.465 e. The van der Waals surface area contributed by atoms with Gasteiger partial charge in [0.25, 0.3) is 0 Å². The summed E-state index contributed by atoms with van der Waals surface area (Å²) >= 11 is 0. The van der Waals surface area contributed by atoms with Crippen molar-refractivity contribution in [3.05, 3.63) is 11.8 Å². The van der Waals surface area contributed by atoms with E-state index >= 15 is 0 Å². The zero-order valence-corrected chi connectivity index (χ0v) is 10.9. The molecule has 1 heterocycles. The monoisotopic (exact) mass is 303 g/mol. The van der Waals surface area contributed by atoms with E-state index in [9.17, 15) is 25.5 Å². The second-order valence-corrected chi connectivity index (χ2v) is 4.97. The lowest BCUT2D eigenvalue weighted by atomic mass is 9.99. The fourth-order valence-electron chi connectivity index (χ4n) is 2.29. The van der Waals surface area contributed by atoms with E-state index in [0.717, 1.165) is 6.08 Å². The van der Waals surface area contributed by atoms with Crippen LogP contribution in [0.25, 0.3) is 0 Å². The molecule has 8 atom stereocenters. The molecular weight excluding hydrogens is 286 g/mol. The third-order valence-electron chi connectivity index (χ3n) is 3.57. The van der Waals surface area contributed by atoms with Gasteiger partial charge in [0.15, 0.2) is 0 Å². The number of ether oxygens (including phenoxy) is 2. The van der Waals surface area contributed by atoms with Gasteiger partial charge in [-0.25, -0.2) is 0 Å². The summed E-state index contributed by atoms with van der Waals surface area (Å²) in [6, 6.07) is 1.74. The van der Waals surface area contributed by atoms with Crippen LogP contribution in [-0.2, 0) is 9.47 Å². The fourth-order valence-corrected chi connectivity index (χ4v) is 2.29. The summed E-state index contributed by atoms with van der Waals surface area (Å²) < 4.78 is 10.3. The molecule has 0 bridgehead atoms. The molecule has 0 aromatic carbocycles. The fraction of sp³-hybridized carbons (Fsp3) is 0.750. The van der Waals surface area contributed by atoms with Gasteiger partial charge in [0.05, 0.1) is 12.7 Å². The Bertz CT molecular complexity index is 447. The molecule has 1 aliphatic carbocycles. The molecule has 1 fully saturated rings. The predicted octanol–water partition coefficient (Wildman–Crippen LogP) is -3.44. The Morgan fingerprint density at radius 1 is 1.10 bits per heavy atom. The number of nitriles is 1. The van der Waals surface area contributed by atoms with Crippen molar-refractivity contribution in [2.45, 2.75) is 42.9 Å². The highest BCUT2D eigenvalue weighted by Gasteiger charge is 2.46. The third kappa shape index (κ3) is 2.88. The first-order chi connectivity index (χ1) is 9.90. The number of aliphatic hydroxyl groups excluding tert-OH is 6. The number of rotatable bonds is 3. The second kappa shape index (κ2) is 6.25. The maximum absolute atomic E-state index is 9.80. The van der Waals surface area contributed by atoms with Gasteiger partial charge in [-0.1, -0.05) is 0 Å². The van der Waals surface area contributed by atoms with Crippen LogP contribution in [0, 0.1) is 17.2 Å². The van der Waals surface area contributed by atoms with E-state index in [1.807, 2.05) is 0 Å². The van der Waals surface area contributed by atoms with Gasteiger partial charge in [-0.3, -0.25) is 0 Å². The zero-order valence-electron chi connectivity index (χ0n) is 10.9. The average Bonchev–Trinajstić information content (AvgIpc) is 2.74. The van der Waals surface area contributed by atoms with Crippen LogP contribution in [0.4, 0.5) is 0 Å². The summed E-state index contributed by atoms with van der Waals surface area (Å²) in [5.74, 6) is -1.26. The van der Waals surface area contributed by atoms with Crippen LogP contribution in [0.5, 0.6) is 0 Å². The maximum atomic E-state index is 9.80. The molecule has 0 spiro atoms. The zero-order chi connectivity index (χ0) is 15.7. The van der Waals surface area contributed by atoms with Crippen molar-refractivity contribution < 1.29 is 40.1 Å². The number of hydrogen-bond acceptors (Lipinski definition) is 9. The minimum absolute atomic E-state index is 0.109. The molecule has 2 aliphatic rings. The van der Waals surface area contributed by atoms with E-state index in [1.54, 1.807) is 6.07 Å². The van der Waals surface area contributed by atoms with Gasteiger partial charge in [0.2, 0.25) is 6.29 Å². The van der Waals surface area contributed by atoms with Gasteiger partial charge in [-0.15, -0.1) is 0 Å². The minimum atomic E-state index is -1.63. The molecule has 21 heavy (non-hydrogen) atoms. The number of aliphatic hydroxyl groups is 6. The summed E-state index contributed by atoms with van der Waals surface area (Å²) in [6.07, 6.45) is -8.93. The molecule has 0 saturated carbocycles. The van der Waals surface area contributed by atoms with Crippen LogP contribution in [0.15, 0.2) is 11.8 Å². The lowest BCUT2D eigenvalue weighted by Crippen LogP contribution is -2.59. The molecule has 2 rings (SSSR count). The van der Waals surface area contributed by atoms with Crippen molar-refractivity contribution in [1.29, 1.82) is 5.26 Å². The molecule has 1 aliphatic heterocycles. The van der Waals surface area contributed by atoms with Crippen LogP contribution in [0.1, 0.15) is 0 Å². The number of hydrogen-bond donors (Lipinski definition) is 6.